The van der Waals surface area contributed by atoms with Crippen LogP contribution in [0.2, 0.25) is 0 Å². The van der Waals surface area contributed by atoms with Crippen LogP contribution in [0.3, 0.4) is 0 Å². The highest BCUT2D eigenvalue weighted by atomic mass is 127. The molecule has 2 N–H and O–H groups in total. The van der Waals surface area contributed by atoms with E-state index < -0.39 is 0 Å². The molecule has 1 aromatic rings. The smallest absolute Gasteiger partial charge is 0.0518 e. The average Bonchev–Trinajstić information content (AvgIpc) is 2.05. The number of hydrogen-bond donors (Lipinski definition) is 2. The van der Waals surface area contributed by atoms with Gasteiger partial charge in [0.25, 0.3) is 0 Å². The molecule has 1 rings (SSSR count). The van der Waals surface area contributed by atoms with Gasteiger partial charge in [-0.3, -0.25) is 0 Å². The first-order valence-corrected chi connectivity index (χ1v) is 5.84. The molecule has 0 amide bonds. The molecule has 0 saturated carbocycles. The fraction of sp³-hybridized carbons (Fsp3) is 0.333. The van der Waals surface area contributed by atoms with E-state index in [2.05, 4.69) is 59.5 Å². The summed E-state index contributed by atoms with van der Waals surface area (Å²) in [7, 11) is 0. The Kier molecular flexibility index (Phi) is 4.39. The highest BCUT2D eigenvalue weighted by molar-refractivity contribution is 14.1. The molecule has 0 radical (unpaired) electrons. The summed E-state index contributed by atoms with van der Waals surface area (Å²) in [6.07, 6.45) is 0.838. The molecule has 66 valence electrons. The van der Waals surface area contributed by atoms with Crippen LogP contribution in [0, 0.1) is 0 Å². The third-order valence-electron chi connectivity index (χ3n) is 1.62. The van der Waals surface area contributed by atoms with Crippen molar-refractivity contribution in [3.05, 3.63) is 35.4 Å². The molecular weight excluding hydrogens is 281 g/mol. The highest BCUT2D eigenvalue weighted by Crippen LogP contribution is 2.09. The van der Waals surface area contributed by atoms with Gasteiger partial charge >= 0.3 is 0 Å². The number of benzene rings is 1. The lowest BCUT2D eigenvalue weighted by Crippen LogP contribution is -2.14. The van der Waals surface area contributed by atoms with Crippen molar-refractivity contribution in [2.75, 3.05) is 0 Å². The van der Waals surface area contributed by atoms with Crippen LogP contribution in [-0.4, -0.2) is 5.37 Å². The fourth-order valence-electron chi connectivity index (χ4n) is 1.01. The van der Waals surface area contributed by atoms with E-state index in [1.54, 1.807) is 0 Å². The third kappa shape index (κ3) is 3.33. The van der Waals surface area contributed by atoms with Crippen molar-refractivity contribution in [2.24, 2.45) is 5.73 Å². The Balaban J connectivity index is 2.65. The fourth-order valence-corrected chi connectivity index (χ4v) is 1.73. The molecule has 1 nitrogen and oxygen atoms in total. The second-order valence-corrected chi connectivity index (χ2v) is 4.15. The SMILES string of the molecule is NC(S)Cc1ccc(CI)cc1. The van der Waals surface area contributed by atoms with E-state index in [9.17, 15) is 0 Å². The zero-order valence-corrected chi connectivity index (χ0v) is 9.76. The first-order chi connectivity index (χ1) is 5.72. The number of halogens is 1. The molecule has 0 spiro atoms. The van der Waals surface area contributed by atoms with Gasteiger partial charge in [-0.15, -0.1) is 0 Å². The van der Waals surface area contributed by atoms with E-state index in [1.807, 2.05) is 0 Å². The summed E-state index contributed by atoms with van der Waals surface area (Å²) in [5.41, 5.74) is 8.17. The van der Waals surface area contributed by atoms with Gasteiger partial charge in [0.15, 0.2) is 0 Å². The third-order valence-corrected chi connectivity index (χ3v) is 2.69. The second kappa shape index (κ2) is 5.09. The number of alkyl halides is 1. The zero-order valence-electron chi connectivity index (χ0n) is 6.70. The summed E-state index contributed by atoms with van der Waals surface area (Å²) in [5, 5.41) is -0.0459. The molecule has 0 bridgehead atoms. The number of hydrogen-bond acceptors (Lipinski definition) is 2. The van der Waals surface area contributed by atoms with E-state index >= 15 is 0 Å². The molecule has 0 aliphatic rings. The van der Waals surface area contributed by atoms with Crippen LogP contribution in [-0.2, 0) is 10.8 Å². The second-order valence-electron chi connectivity index (χ2n) is 2.72. The predicted octanol–water partition coefficient (Wildman–Crippen LogP) is 2.38. The molecule has 12 heavy (non-hydrogen) atoms. The molecule has 0 heterocycles. The van der Waals surface area contributed by atoms with Crippen LogP contribution < -0.4 is 5.73 Å². The number of rotatable bonds is 3. The van der Waals surface area contributed by atoms with E-state index in [1.165, 1.54) is 11.1 Å². The van der Waals surface area contributed by atoms with Crippen LogP contribution in [0.15, 0.2) is 24.3 Å². The van der Waals surface area contributed by atoms with E-state index in [0.717, 1.165) is 10.8 Å². The molecule has 0 aromatic heterocycles. The topological polar surface area (TPSA) is 26.0 Å². The van der Waals surface area contributed by atoms with E-state index in [-0.39, 0.29) is 5.37 Å². The summed E-state index contributed by atoms with van der Waals surface area (Å²) in [6, 6.07) is 8.50. The number of nitrogens with two attached hydrogens (primary N) is 1. The first-order valence-electron chi connectivity index (χ1n) is 3.80. The molecule has 1 unspecified atom stereocenters. The van der Waals surface area contributed by atoms with Crippen molar-refractivity contribution in [3.63, 3.8) is 0 Å². The standard InChI is InChI=1S/C9H12INS/c10-6-8-3-1-7(2-4-8)5-9(11)12/h1-4,9,12H,5-6,11H2. The van der Waals surface area contributed by atoms with Crippen LogP contribution in [0.4, 0.5) is 0 Å². The quantitative estimate of drug-likeness (QED) is 0.380. The highest BCUT2D eigenvalue weighted by Gasteiger charge is 1.97. The van der Waals surface area contributed by atoms with Crippen molar-refractivity contribution in [3.8, 4) is 0 Å². The lowest BCUT2D eigenvalue weighted by Gasteiger charge is -2.04. The normalized spacial score (nSPS) is 12.9. The summed E-state index contributed by atoms with van der Waals surface area (Å²) in [4.78, 5) is 0. The van der Waals surface area contributed by atoms with Gasteiger partial charge in [-0.05, 0) is 17.5 Å². The molecule has 0 saturated heterocycles. The molecule has 1 aromatic carbocycles. The Morgan fingerprint density at radius 2 is 1.75 bits per heavy atom. The maximum Gasteiger partial charge on any atom is 0.0518 e. The van der Waals surface area contributed by atoms with Gasteiger partial charge in [0.1, 0.15) is 0 Å². The summed E-state index contributed by atoms with van der Waals surface area (Å²) in [5.74, 6) is 0. The van der Waals surface area contributed by atoms with Crippen molar-refractivity contribution < 1.29 is 0 Å². The van der Waals surface area contributed by atoms with Crippen LogP contribution >= 0.6 is 35.2 Å². The maximum absolute atomic E-state index is 5.56. The minimum absolute atomic E-state index is 0.0459. The van der Waals surface area contributed by atoms with Crippen LogP contribution in [0.1, 0.15) is 11.1 Å². The van der Waals surface area contributed by atoms with Gasteiger partial charge in [0.2, 0.25) is 0 Å². The molecule has 0 aliphatic heterocycles. The lowest BCUT2D eigenvalue weighted by molar-refractivity contribution is 0.908. The van der Waals surface area contributed by atoms with Crippen molar-refractivity contribution >= 4 is 35.2 Å². The molecule has 0 aliphatic carbocycles. The Morgan fingerprint density at radius 1 is 1.25 bits per heavy atom. The lowest BCUT2D eigenvalue weighted by atomic mass is 10.1. The van der Waals surface area contributed by atoms with Crippen LogP contribution in [0.25, 0.3) is 0 Å². The average molecular weight is 293 g/mol. The maximum atomic E-state index is 5.56. The van der Waals surface area contributed by atoms with Crippen molar-refractivity contribution in [2.45, 2.75) is 16.2 Å². The van der Waals surface area contributed by atoms with E-state index in [4.69, 9.17) is 5.73 Å². The molecule has 1 atom stereocenters. The van der Waals surface area contributed by atoms with Crippen molar-refractivity contribution in [1.82, 2.24) is 0 Å². The Bertz CT molecular complexity index is 233. The Morgan fingerprint density at radius 3 is 2.17 bits per heavy atom. The van der Waals surface area contributed by atoms with Gasteiger partial charge < -0.3 is 5.73 Å². The number of thiol groups is 1. The van der Waals surface area contributed by atoms with Crippen molar-refractivity contribution in [1.29, 1.82) is 0 Å². The Hall–Kier alpha value is 0.260. The molecule has 3 heteroatoms. The molecular formula is C9H12INS. The van der Waals surface area contributed by atoms with E-state index in [0.29, 0.717) is 0 Å². The van der Waals surface area contributed by atoms with Gasteiger partial charge in [0.05, 0.1) is 5.37 Å². The largest absolute Gasteiger partial charge is 0.319 e. The monoisotopic (exact) mass is 293 g/mol. The summed E-state index contributed by atoms with van der Waals surface area (Å²) in [6.45, 7) is 0. The van der Waals surface area contributed by atoms with Crippen LogP contribution in [0.5, 0.6) is 0 Å². The summed E-state index contributed by atoms with van der Waals surface area (Å²) >= 11 is 6.49. The van der Waals surface area contributed by atoms with Gasteiger partial charge in [-0.2, -0.15) is 12.6 Å². The Labute approximate surface area is 92.3 Å². The minimum Gasteiger partial charge on any atom is -0.319 e. The zero-order chi connectivity index (χ0) is 8.97. The predicted molar refractivity (Wildman–Crippen MR) is 64.8 cm³/mol. The van der Waals surface area contributed by atoms with Gasteiger partial charge in [0, 0.05) is 4.43 Å². The van der Waals surface area contributed by atoms with Gasteiger partial charge in [-0.1, -0.05) is 46.9 Å². The first kappa shape index (κ1) is 10.3. The summed E-state index contributed by atoms with van der Waals surface area (Å²) < 4.78 is 1.06. The molecule has 0 fully saturated rings. The van der Waals surface area contributed by atoms with Gasteiger partial charge in [-0.25, -0.2) is 0 Å². The minimum atomic E-state index is -0.0459.